The third kappa shape index (κ3) is 3.65. The van der Waals surface area contributed by atoms with Crippen molar-refractivity contribution in [2.24, 2.45) is 41.1 Å². The van der Waals surface area contributed by atoms with Gasteiger partial charge in [-0.3, -0.25) is 4.79 Å². The van der Waals surface area contributed by atoms with E-state index in [1.54, 1.807) is 19.6 Å². The molecule has 8 atom stereocenters. The minimum absolute atomic E-state index is 0.195. The van der Waals surface area contributed by atoms with Crippen LogP contribution in [0, 0.1) is 29.6 Å². The number of methoxy groups -OCH3 is 1. The highest BCUT2D eigenvalue weighted by atomic mass is 16.5. The Morgan fingerprint density at radius 3 is 2.69 bits per heavy atom. The smallest absolute Gasteiger partial charge is 0.152 e. The molecule has 1 aromatic rings. The molecule has 4 fully saturated rings. The van der Waals surface area contributed by atoms with E-state index >= 15 is 0 Å². The van der Waals surface area contributed by atoms with Gasteiger partial charge < -0.3 is 25.9 Å². The molecule has 0 aliphatic heterocycles. The molecular weight excluding hydrogens is 404 g/mol. The molecular formula is C25H40N4O3. The number of ether oxygens (including phenoxy) is 1. The second kappa shape index (κ2) is 8.19. The second-order valence-electron chi connectivity index (χ2n) is 11.5. The number of hydrogen-bond donors (Lipinski definition) is 3. The van der Waals surface area contributed by atoms with Crippen LogP contribution < -0.4 is 11.5 Å². The quantitative estimate of drug-likeness (QED) is 0.620. The fraction of sp³-hybridized carbons (Fsp3) is 0.840. The van der Waals surface area contributed by atoms with Gasteiger partial charge in [-0.15, -0.1) is 0 Å². The van der Waals surface area contributed by atoms with Crippen molar-refractivity contribution in [1.29, 1.82) is 0 Å². The lowest BCUT2D eigenvalue weighted by molar-refractivity contribution is -0.129. The summed E-state index contributed by atoms with van der Waals surface area (Å²) in [6, 6.07) is 0. The predicted octanol–water partition coefficient (Wildman–Crippen LogP) is 2.26. The van der Waals surface area contributed by atoms with Crippen LogP contribution in [0.1, 0.15) is 64.2 Å². The van der Waals surface area contributed by atoms with Gasteiger partial charge in [0.15, 0.2) is 5.78 Å². The van der Waals surface area contributed by atoms with Crippen molar-refractivity contribution >= 4 is 5.78 Å². The minimum atomic E-state index is -0.727. The van der Waals surface area contributed by atoms with Gasteiger partial charge in [-0.2, -0.15) is 0 Å². The van der Waals surface area contributed by atoms with Crippen LogP contribution in [0.3, 0.4) is 0 Å². The van der Waals surface area contributed by atoms with E-state index in [1.807, 2.05) is 10.8 Å². The Hall–Kier alpha value is -1.28. The van der Waals surface area contributed by atoms with Crippen molar-refractivity contribution in [3.8, 4) is 0 Å². The van der Waals surface area contributed by atoms with Crippen LogP contribution in [0.2, 0.25) is 0 Å². The second-order valence-corrected chi connectivity index (χ2v) is 11.5. The number of imidazole rings is 1. The summed E-state index contributed by atoms with van der Waals surface area (Å²) in [5, 5.41) is 11.0. The van der Waals surface area contributed by atoms with Crippen molar-refractivity contribution in [2.45, 2.75) is 87.4 Å². The molecule has 5 rings (SSSR count). The summed E-state index contributed by atoms with van der Waals surface area (Å²) in [4.78, 5) is 16.8. The van der Waals surface area contributed by atoms with Crippen molar-refractivity contribution < 1.29 is 14.6 Å². The van der Waals surface area contributed by atoms with E-state index in [4.69, 9.17) is 16.2 Å². The number of Topliss-reactive ketones (excluding diaryl/α,β-unsaturated/α-hetero) is 1. The zero-order chi connectivity index (χ0) is 22.6. The van der Waals surface area contributed by atoms with Gasteiger partial charge >= 0.3 is 0 Å². The summed E-state index contributed by atoms with van der Waals surface area (Å²) in [5.74, 6) is 2.39. The first-order valence-electron chi connectivity index (χ1n) is 12.5. The topological polar surface area (TPSA) is 116 Å². The lowest BCUT2D eigenvalue weighted by Crippen LogP contribution is -2.68. The maximum atomic E-state index is 12.8. The number of nitrogens with zero attached hydrogens (tertiary/aromatic N) is 2. The number of aliphatic hydroxyl groups is 1. The van der Waals surface area contributed by atoms with Gasteiger partial charge in [0, 0.05) is 37.0 Å². The molecule has 0 amide bonds. The molecule has 4 unspecified atom stereocenters. The molecule has 7 heteroatoms. The first-order chi connectivity index (χ1) is 15.3. The van der Waals surface area contributed by atoms with Crippen molar-refractivity contribution in [2.75, 3.05) is 13.7 Å². The molecule has 1 heterocycles. The van der Waals surface area contributed by atoms with Gasteiger partial charge in [0.1, 0.15) is 0 Å². The van der Waals surface area contributed by atoms with Crippen molar-refractivity contribution in [3.63, 3.8) is 0 Å². The minimum Gasteiger partial charge on any atom is -0.387 e. The monoisotopic (exact) mass is 444 g/mol. The Balaban J connectivity index is 1.28. The van der Waals surface area contributed by atoms with Crippen LogP contribution in [0.4, 0.5) is 0 Å². The molecule has 4 saturated carbocycles. The summed E-state index contributed by atoms with van der Waals surface area (Å²) in [6.07, 6.45) is 14.6. The van der Waals surface area contributed by atoms with E-state index < -0.39 is 5.60 Å². The summed E-state index contributed by atoms with van der Waals surface area (Å²) in [7, 11) is 1.66. The Morgan fingerprint density at radius 2 is 1.94 bits per heavy atom. The zero-order valence-corrected chi connectivity index (χ0v) is 19.4. The molecule has 32 heavy (non-hydrogen) atoms. The van der Waals surface area contributed by atoms with Crippen LogP contribution in [-0.4, -0.2) is 50.8 Å². The fourth-order valence-electron chi connectivity index (χ4n) is 8.46. The van der Waals surface area contributed by atoms with Gasteiger partial charge in [-0.05, 0) is 87.4 Å². The molecule has 1 aromatic heterocycles. The number of nitrogens with two attached hydrogens (primary N) is 2. The molecule has 0 bridgehead atoms. The first kappa shape index (κ1) is 22.5. The average molecular weight is 445 g/mol. The fourth-order valence-corrected chi connectivity index (χ4v) is 8.46. The van der Waals surface area contributed by atoms with E-state index in [0.717, 1.165) is 57.8 Å². The Morgan fingerprint density at radius 1 is 1.12 bits per heavy atom. The highest BCUT2D eigenvalue weighted by Crippen LogP contribution is 2.61. The predicted molar refractivity (Wildman–Crippen MR) is 122 cm³/mol. The van der Waals surface area contributed by atoms with Gasteiger partial charge in [-0.1, -0.05) is 0 Å². The van der Waals surface area contributed by atoms with Crippen LogP contribution >= 0.6 is 0 Å². The lowest BCUT2D eigenvalue weighted by Gasteiger charge is -2.61. The Labute approximate surface area is 191 Å². The van der Waals surface area contributed by atoms with Gasteiger partial charge in [0.2, 0.25) is 0 Å². The number of ketones is 1. The standard InChI is InChI=1S/C25H40N4O3/c1-32-15-23(31)8-9-25(27)18(13-23)2-4-20-21-5-3-17(24(21,26)7-6-22(20)25)12-19(30)14-29-11-10-28-16-29/h10-11,16-18,20-22,31H,2-9,12-15,26-27H2,1H3/t17?,18-,20?,21?,22?,23+,24-,25+/m0/s1. The summed E-state index contributed by atoms with van der Waals surface area (Å²) in [6.45, 7) is 0.790. The number of rotatable bonds is 6. The van der Waals surface area contributed by atoms with Gasteiger partial charge in [-0.25, -0.2) is 4.98 Å². The van der Waals surface area contributed by atoms with Gasteiger partial charge in [0.25, 0.3) is 0 Å². The molecule has 0 radical (unpaired) electrons. The normalized spacial score (nSPS) is 45.7. The average Bonchev–Trinajstić information content (AvgIpc) is 3.37. The van der Waals surface area contributed by atoms with Crippen LogP contribution in [0.5, 0.6) is 0 Å². The molecule has 0 spiro atoms. The third-order valence-corrected chi connectivity index (χ3v) is 9.95. The molecule has 4 aliphatic rings. The molecule has 4 aliphatic carbocycles. The van der Waals surface area contributed by atoms with E-state index in [9.17, 15) is 9.90 Å². The van der Waals surface area contributed by atoms with Crippen LogP contribution in [-0.2, 0) is 16.1 Å². The van der Waals surface area contributed by atoms with Crippen molar-refractivity contribution in [1.82, 2.24) is 9.55 Å². The molecule has 178 valence electrons. The maximum Gasteiger partial charge on any atom is 0.152 e. The number of fused-ring (bicyclic) bond motifs is 5. The molecule has 5 N–H and O–H groups in total. The van der Waals surface area contributed by atoms with E-state index in [2.05, 4.69) is 4.98 Å². The zero-order valence-electron chi connectivity index (χ0n) is 19.4. The SMILES string of the molecule is COC[C@@]1(O)CC[C@]2(N)C3CC[C@]4(N)C(CC(=O)Cn5ccnc5)CCC4C3CC[C@H]2C1. The van der Waals surface area contributed by atoms with Crippen molar-refractivity contribution in [3.05, 3.63) is 18.7 Å². The Kier molecular flexibility index (Phi) is 5.76. The number of hydrogen-bond acceptors (Lipinski definition) is 6. The highest BCUT2D eigenvalue weighted by molar-refractivity contribution is 5.78. The van der Waals surface area contributed by atoms with Crippen LogP contribution in [0.25, 0.3) is 0 Å². The molecule has 7 nitrogen and oxygen atoms in total. The van der Waals surface area contributed by atoms with E-state index in [1.165, 1.54) is 0 Å². The number of carbonyl (C=O) groups excluding carboxylic acids is 1. The third-order valence-electron chi connectivity index (χ3n) is 9.95. The molecule has 0 saturated heterocycles. The Bertz CT molecular complexity index is 831. The van der Waals surface area contributed by atoms with E-state index in [-0.39, 0.29) is 22.8 Å². The van der Waals surface area contributed by atoms with E-state index in [0.29, 0.717) is 43.2 Å². The summed E-state index contributed by atoms with van der Waals surface area (Å²) in [5.41, 5.74) is 13.2. The summed E-state index contributed by atoms with van der Waals surface area (Å²) >= 11 is 0. The highest BCUT2D eigenvalue weighted by Gasteiger charge is 2.62. The maximum absolute atomic E-state index is 12.8. The van der Waals surface area contributed by atoms with Gasteiger partial charge in [0.05, 0.1) is 25.1 Å². The summed E-state index contributed by atoms with van der Waals surface area (Å²) < 4.78 is 7.16. The lowest BCUT2D eigenvalue weighted by atomic mass is 9.47. The largest absolute Gasteiger partial charge is 0.387 e. The first-order valence-corrected chi connectivity index (χ1v) is 12.5. The number of aromatic nitrogens is 2. The molecule has 0 aromatic carbocycles. The number of carbonyl (C=O) groups is 1. The van der Waals surface area contributed by atoms with Crippen LogP contribution in [0.15, 0.2) is 18.7 Å².